The number of hydrogen-bond donors (Lipinski definition) is 1. The van der Waals surface area contributed by atoms with E-state index in [1.54, 1.807) is 0 Å². The van der Waals surface area contributed by atoms with Gasteiger partial charge in [0.1, 0.15) is 10.8 Å². The van der Waals surface area contributed by atoms with Crippen LogP contribution < -0.4 is 11.3 Å². The summed E-state index contributed by atoms with van der Waals surface area (Å²) in [7, 11) is 0. The molecule has 0 unspecified atom stereocenters. The fraction of sp³-hybridized carbons (Fsp3) is 0.333. The van der Waals surface area contributed by atoms with Crippen LogP contribution in [-0.4, -0.2) is 20.4 Å². The van der Waals surface area contributed by atoms with Crippen molar-refractivity contribution in [3.63, 3.8) is 0 Å². The van der Waals surface area contributed by atoms with Gasteiger partial charge in [-0.1, -0.05) is 53.8 Å². The van der Waals surface area contributed by atoms with Gasteiger partial charge in [-0.15, -0.1) is 0 Å². The number of Topliss-reactive ketones (excluding diaryl/α,β-unsaturated/α-hetero) is 1. The molecule has 9 heteroatoms. The van der Waals surface area contributed by atoms with Crippen LogP contribution in [0.15, 0.2) is 32.6 Å². The van der Waals surface area contributed by atoms with E-state index in [4.69, 9.17) is 28.9 Å². The molecule has 2 heterocycles. The Morgan fingerprint density at radius 1 is 1.15 bits per heavy atom. The average Bonchev–Trinajstić information content (AvgIpc) is 3.08. The molecule has 0 spiro atoms. The van der Waals surface area contributed by atoms with Gasteiger partial charge in [-0.05, 0) is 36.6 Å². The maximum absolute atomic E-state index is 12.5. The van der Waals surface area contributed by atoms with E-state index in [2.05, 4.69) is 10.1 Å². The summed E-state index contributed by atoms with van der Waals surface area (Å²) in [5, 5.41) is 5.54. The van der Waals surface area contributed by atoms with E-state index in [9.17, 15) is 9.59 Å². The first-order chi connectivity index (χ1) is 12.9. The SMILES string of the molecule is Nc1c(C=C2C=C(Cl)C(=O)C(Cl)=C2)c(=O)nc2sc(C3CCCCC3)nn12. The fourth-order valence-corrected chi connectivity index (χ4v) is 4.95. The first-order valence-corrected chi connectivity index (χ1v) is 10.2. The molecule has 2 N–H and O–H groups in total. The molecule has 27 heavy (non-hydrogen) atoms. The number of rotatable bonds is 2. The lowest BCUT2D eigenvalue weighted by Gasteiger charge is -2.18. The molecule has 0 saturated heterocycles. The van der Waals surface area contributed by atoms with E-state index in [1.807, 2.05) is 0 Å². The number of nitrogens with two attached hydrogens (primary N) is 1. The third-order valence-corrected chi connectivity index (χ3v) is 6.43. The van der Waals surface area contributed by atoms with E-state index in [-0.39, 0.29) is 21.4 Å². The second kappa shape index (κ2) is 7.22. The number of nitrogen functional groups attached to an aromatic ring is 1. The van der Waals surface area contributed by atoms with Gasteiger partial charge in [0.05, 0.1) is 15.6 Å². The van der Waals surface area contributed by atoms with Crippen LogP contribution in [0.1, 0.15) is 48.6 Å². The van der Waals surface area contributed by atoms with E-state index in [1.165, 1.54) is 53.3 Å². The largest absolute Gasteiger partial charge is 0.383 e. The monoisotopic (exact) mass is 422 g/mol. The molecule has 2 aromatic heterocycles. The molecule has 2 aromatic rings. The molecule has 2 aliphatic rings. The predicted octanol–water partition coefficient (Wildman–Crippen LogP) is 3.99. The number of ketones is 1. The normalized spacial score (nSPS) is 18.6. The van der Waals surface area contributed by atoms with E-state index >= 15 is 0 Å². The van der Waals surface area contributed by atoms with Gasteiger partial charge >= 0.3 is 0 Å². The fourth-order valence-electron chi connectivity index (χ4n) is 3.38. The standard InChI is InChI=1S/C18H16Cl2N4O2S/c19-12-7-9(8-13(20)14(12)25)6-11-15(21)24-18(22-16(11)26)27-17(23-24)10-4-2-1-3-5-10/h6-8,10H,1-5,21H2. The smallest absolute Gasteiger partial charge is 0.283 e. The maximum atomic E-state index is 12.5. The van der Waals surface area contributed by atoms with Gasteiger partial charge in [-0.25, -0.2) is 0 Å². The van der Waals surface area contributed by atoms with E-state index in [0.29, 0.717) is 16.5 Å². The predicted molar refractivity (Wildman–Crippen MR) is 108 cm³/mol. The number of fused-ring (bicyclic) bond motifs is 1. The number of carbonyl (C=O) groups excluding carboxylic acids is 1. The van der Waals surface area contributed by atoms with Crippen LogP contribution in [-0.2, 0) is 4.79 Å². The average molecular weight is 423 g/mol. The van der Waals surface area contributed by atoms with Crippen LogP contribution in [0, 0.1) is 0 Å². The van der Waals surface area contributed by atoms with Crippen molar-refractivity contribution in [2.75, 3.05) is 5.73 Å². The van der Waals surface area contributed by atoms with Gasteiger partial charge in [0.15, 0.2) is 0 Å². The highest BCUT2D eigenvalue weighted by atomic mass is 35.5. The van der Waals surface area contributed by atoms with Gasteiger partial charge in [-0.3, -0.25) is 9.59 Å². The lowest BCUT2D eigenvalue weighted by atomic mass is 9.90. The zero-order chi connectivity index (χ0) is 19.1. The van der Waals surface area contributed by atoms with E-state index < -0.39 is 11.3 Å². The molecule has 0 radical (unpaired) electrons. The highest BCUT2D eigenvalue weighted by Crippen LogP contribution is 2.35. The third kappa shape index (κ3) is 3.47. The quantitative estimate of drug-likeness (QED) is 0.789. The summed E-state index contributed by atoms with van der Waals surface area (Å²) in [5.74, 6) is 0.154. The molecule has 4 rings (SSSR count). The summed E-state index contributed by atoms with van der Waals surface area (Å²) < 4.78 is 1.52. The highest BCUT2D eigenvalue weighted by molar-refractivity contribution is 7.16. The first-order valence-electron chi connectivity index (χ1n) is 8.64. The highest BCUT2D eigenvalue weighted by Gasteiger charge is 2.22. The van der Waals surface area contributed by atoms with Gasteiger partial charge in [0.25, 0.3) is 5.56 Å². The lowest BCUT2D eigenvalue weighted by molar-refractivity contribution is -0.111. The van der Waals surface area contributed by atoms with Crippen molar-refractivity contribution in [2.45, 2.75) is 38.0 Å². The summed E-state index contributed by atoms with van der Waals surface area (Å²) in [6, 6.07) is 0. The van der Waals surface area contributed by atoms with E-state index in [0.717, 1.165) is 17.8 Å². The number of aromatic nitrogens is 3. The van der Waals surface area contributed by atoms with Crippen LogP contribution in [0.5, 0.6) is 0 Å². The van der Waals surface area contributed by atoms with Crippen molar-refractivity contribution in [1.82, 2.24) is 14.6 Å². The van der Waals surface area contributed by atoms with Gasteiger partial charge in [0.2, 0.25) is 10.7 Å². The van der Waals surface area contributed by atoms with Crippen LogP contribution in [0.25, 0.3) is 11.0 Å². The Morgan fingerprint density at radius 2 is 1.81 bits per heavy atom. The first kappa shape index (κ1) is 18.4. The summed E-state index contributed by atoms with van der Waals surface area (Å²) >= 11 is 13.2. The molecule has 0 aromatic carbocycles. The molecule has 0 bridgehead atoms. The molecule has 0 atom stereocenters. The van der Waals surface area contributed by atoms with Gasteiger partial charge in [-0.2, -0.15) is 14.6 Å². The Hall–Kier alpha value is -1.96. The van der Waals surface area contributed by atoms with Crippen molar-refractivity contribution in [3.05, 3.63) is 48.7 Å². The summed E-state index contributed by atoms with van der Waals surface area (Å²) in [6.07, 6.45) is 10.2. The second-order valence-electron chi connectivity index (χ2n) is 6.64. The van der Waals surface area contributed by atoms with Crippen LogP contribution in [0.3, 0.4) is 0 Å². The van der Waals surface area contributed by atoms with Crippen LogP contribution >= 0.6 is 34.5 Å². The second-order valence-corrected chi connectivity index (χ2v) is 8.45. The van der Waals surface area contributed by atoms with Crippen LogP contribution in [0.4, 0.5) is 5.82 Å². The molecule has 0 amide bonds. The Labute approximate surface area is 169 Å². The molecule has 1 fully saturated rings. The van der Waals surface area contributed by atoms with Crippen molar-refractivity contribution in [1.29, 1.82) is 0 Å². The summed E-state index contributed by atoms with van der Waals surface area (Å²) in [4.78, 5) is 28.8. The maximum Gasteiger partial charge on any atom is 0.283 e. The van der Waals surface area contributed by atoms with Gasteiger partial charge < -0.3 is 5.73 Å². The van der Waals surface area contributed by atoms with Crippen molar-refractivity contribution in [3.8, 4) is 0 Å². The number of carbonyl (C=O) groups is 1. The topological polar surface area (TPSA) is 90.4 Å². The Morgan fingerprint density at radius 3 is 2.48 bits per heavy atom. The Kier molecular flexibility index (Phi) is 4.92. The molecule has 0 aliphatic heterocycles. The Bertz CT molecular complexity index is 1070. The molecular weight excluding hydrogens is 407 g/mol. The zero-order valence-electron chi connectivity index (χ0n) is 14.2. The molecule has 2 aliphatic carbocycles. The number of anilines is 1. The molecule has 1 saturated carbocycles. The van der Waals surface area contributed by atoms with Crippen molar-refractivity contribution in [2.24, 2.45) is 0 Å². The molecule has 6 nitrogen and oxygen atoms in total. The third-order valence-electron chi connectivity index (χ3n) is 4.79. The van der Waals surface area contributed by atoms with Crippen molar-refractivity contribution >= 4 is 57.2 Å². The number of allylic oxidation sites excluding steroid dienone is 5. The minimum absolute atomic E-state index is 0.0188. The zero-order valence-corrected chi connectivity index (χ0v) is 16.6. The van der Waals surface area contributed by atoms with Crippen molar-refractivity contribution < 1.29 is 4.79 Å². The summed E-state index contributed by atoms with van der Waals surface area (Å²) in [6.45, 7) is 0. The molecular formula is C18H16Cl2N4O2S. The summed E-state index contributed by atoms with van der Waals surface area (Å²) in [5.41, 5.74) is 6.46. The number of nitrogens with zero attached hydrogens (tertiary/aromatic N) is 3. The minimum Gasteiger partial charge on any atom is -0.383 e. The minimum atomic E-state index is -0.454. The number of hydrogen-bond acceptors (Lipinski definition) is 6. The number of halogens is 2. The molecule has 140 valence electrons. The van der Waals surface area contributed by atoms with Gasteiger partial charge in [0, 0.05) is 5.92 Å². The lowest BCUT2D eigenvalue weighted by Crippen LogP contribution is -2.17. The Balaban J connectivity index is 1.79. The van der Waals surface area contributed by atoms with Crippen LogP contribution in [0.2, 0.25) is 0 Å².